The Balaban J connectivity index is 2.16. The first kappa shape index (κ1) is 14.4. The summed E-state index contributed by atoms with van der Waals surface area (Å²) < 4.78 is 5.77. The number of aryl methyl sites for hydroxylation is 1. The molecule has 2 N–H and O–H groups in total. The van der Waals surface area contributed by atoms with E-state index in [9.17, 15) is 5.26 Å². The van der Waals surface area contributed by atoms with Crippen LogP contribution in [0, 0.1) is 18.3 Å². The first-order valence-corrected chi connectivity index (χ1v) is 7.13. The van der Waals surface area contributed by atoms with Crippen molar-refractivity contribution in [2.75, 3.05) is 11.6 Å². The van der Waals surface area contributed by atoms with E-state index in [1.807, 2.05) is 51.1 Å². The average Bonchev–Trinajstić information content (AvgIpc) is 2.47. The van der Waals surface area contributed by atoms with E-state index in [-0.39, 0.29) is 0 Å². The van der Waals surface area contributed by atoms with Gasteiger partial charge in [-0.25, -0.2) is 5.01 Å². The van der Waals surface area contributed by atoms with Crippen LogP contribution in [0.1, 0.15) is 19.4 Å². The molecule has 5 heteroatoms. The third kappa shape index (κ3) is 2.28. The third-order valence-electron chi connectivity index (χ3n) is 3.81. The zero-order valence-corrected chi connectivity index (χ0v) is 12.9. The van der Waals surface area contributed by atoms with Crippen LogP contribution in [-0.4, -0.2) is 17.9 Å². The molecule has 0 spiro atoms. The summed E-state index contributed by atoms with van der Waals surface area (Å²) in [7, 11) is 0. The molecule has 0 atom stereocenters. The molecular weight excluding hydrogens is 276 g/mol. The van der Waals surface area contributed by atoms with Crippen molar-refractivity contribution in [1.29, 1.82) is 5.26 Å². The van der Waals surface area contributed by atoms with Crippen molar-refractivity contribution in [3.05, 3.63) is 52.9 Å². The quantitative estimate of drug-likeness (QED) is 0.864. The summed E-state index contributed by atoms with van der Waals surface area (Å²) >= 11 is 0. The van der Waals surface area contributed by atoms with Gasteiger partial charge in [0.15, 0.2) is 0 Å². The maximum Gasteiger partial charge on any atom is 0.144 e. The number of fused-ring (bicyclic) bond motifs is 1. The summed E-state index contributed by atoms with van der Waals surface area (Å²) in [5, 5.41) is 15.8. The first-order chi connectivity index (χ1) is 10.4. The second kappa shape index (κ2) is 5.00. The number of hydrazone groups is 1. The van der Waals surface area contributed by atoms with Crippen molar-refractivity contribution in [2.45, 2.75) is 26.4 Å². The lowest BCUT2D eigenvalue weighted by molar-refractivity contribution is 0.0409. The van der Waals surface area contributed by atoms with Gasteiger partial charge in [-0.2, -0.15) is 10.4 Å². The number of hydrogen-bond donors (Lipinski definition) is 1. The zero-order valence-electron chi connectivity index (χ0n) is 12.9. The Hall–Kier alpha value is -2.58. The van der Waals surface area contributed by atoms with Gasteiger partial charge in [-0.15, -0.1) is 0 Å². The number of nitrogens with two attached hydrogens (primary N) is 1. The lowest BCUT2D eigenvalue weighted by Gasteiger charge is -2.34. The SMILES string of the molecule is Cc1ccccc1N1N=C2COC(C)(C)C=C2C(C#N)=C1N. The summed E-state index contributed by atoms with van der Waals surface area (Å²) in [6.45, 7) is 6.26. The van der Waals surface area contributed by atoms with E-state index < -0.39 is 5.60 Å². The molecule has 0 saturated heterocycles. The van der Waals surface area contributed by atoms with E-state index in [1.54, 1.807) is 5.01 Å². The average molecular weight is 294 g/mol. The van der Waals surface area contributed by atoms with Gasteiger partial charge in [-0.3, -0.25) is 0 Å². The van der Waals surface area contributed by atoms with Crippen LogP contribution in [0.15, 0.2) is 52.4 Å². The van der Waals surface area contributed by atoms with Crippen LogP contribution in [0.5, 0.6) is 0 Å². The van der Waals surface area contributed by atoms with Gasteiger partial charge in [0, 0.05) is 5.57 Å². The molecule has 0 fully saturated rings. The Morgan fingerprint density at radius 3 is 2.77 bits per heavy atom. The topological polar surface area (TPSA) is 74.6 Å². The molecule has 3 rings (SSSR count). The monoisotopic (exact) mass is 294 g/mol. The predicted octanol–water partition coefficient (Wildman–Crippen LogP) is 2.60. The third-order valence-corrected chi connectivity index (χ3v) is 3.81. The standard InChI is InChI=1S/C17H18N4O/c1-11-6-4-5-7-15(11)21-16(19)13(9-18)12-8-17(2,3)22-10-14(12)20-21/h4-8H,10,19H2,1-3H3. The van der Waals surface area contributed by atoms with Gasteiger partial charge in [0.2, 0.25) is 0 Å². The van der Waals surface area contributed by atoms with E-state index >= 15 is 0 Å². The summed E-state index contributed by atoms with van der Waals surface area (Å²) in [6, 6.07) is 10.0. The first-order valence-electron chi connectivity index (χ1n) is 7.13. The number of para-hydroxylation sites is 1. The highest BCUT2D eigenvalue weighted by atomic mass is 16.5. The molecule has 0 aromatic heterocycles. The molecule has 0 unspecified atom stereocenters. The highest BCUT2D eigenvalue weighted by Gasteiger charge is 2.33. The summed E-state index contributed by atoms with van der Waals surface area (Å²) in [5.41, 5.74) is 9.66. The van der Waals surface area contributed by atoms with Crippen LogP contribution in [0.3, 0.4) is 0 Å². The minimum Gasteiger partial charge on any atom is -0.383 e. The van der Waals surface area contributed by atoms with Crippen LogP contribution < -0.4 is 10.7 Å². The van der Waals surface area contributed by atoms with Crippen molar-refractivity contribution in [2.24, 2.45) is 10.8 Å². The van der Waals surface area contributed by atoms with Crippen molar-refractivity contribution < 1.29 is 4.74 Å². The molecule has 0 amide bonds. The molecule has 0 bridgehead atoms. The lowest BCUT2D eigenvalue weighted by Crippen LogP contribution is -2.39. The molecule has 2 aliphatic rings. The zero-order chi connectivity index (χ0) is 15.9. The fraction of sp³-hybridized carbons (Fsp3) is 0.294. The Kier molecular flexibility index (Phi) is 3.27. The Bertz CT molecular complexity index is 765. The molecule has 5 nitrogen and oxygen atoms in total. The Labute approximate surface area is 130 Å². The van der Waals surface area contributed by atoms with Crippen LogP contribution in [0.2, 0.25) is 0 Å². The summed E-state index contributed by atoms with van der Waals surface area (Å²) in [4.78, 5) is 0. The van der Waals surface area contributed by atoms with Crippen molar-refractivity contribution in [3.8, 4) is 6.07 Å². The molecule has 0 aliphatic carbocycles. The highest BCUT2D eigenvalue weighted by Crippen LogP contribution is 2.33. The highest BCUT2D eigenvalue weighted by molar-refractivity contribution is 6.08. The number of nitrogens with zero attached hydrogens (tertiary/aromatic N) is 3. The number of ether oxygens (including phenoxy) is 1. The lowest BCUT2D eigenvalue weighted by atomic mass is 9.92. The molecule has 1 aromatic carbocycles. The minimum atomic E-state index is -0.429. The van der Waals surface area contributed by atoms with Gasteiger partial charge in [-0.05, 0) is 38.5 Å². The van der Waals surface area contributed by atoms with Gasteiger partial charge in [0.25, 0.3) is 0 Å². The number of allylic oxidation sites excluding steroid dienone is 1. The van der Waals surface area contributed by atoms with E-state index in [4.69, 9.17) is 10.5 Å². The van der Waals surface area contributed by atoms with Gasteiger partial charge in [0.1, 0.15) is 17.5 Å². The Morgan fingerprint density at radius 1 is 1.36 bits per heavy atom. The number of benzene rings is 1. The van der Waals surface area contributed by atoms with Gasteiger partial charge in [0.05, 0.1) is 23.6 Å². The molecule has 2 heterocycles. The van der Waals surface area contributed by atoms with E-state index in [0.29, 0.717) is 18.0 Å². The maximum absolute atomic E-state index is 9.55. The fourth-order valence-corrected chi connectivity index (χ4v) is 2.62. The van der Waals surface area contributed by atoms with Gasteiger partial charge < -0.3 is 10.5 Å². The number of rotatable bonds is 1. The molecule has 22 heavy (non-hydrogen) atoms. The molecule has 0 radical (unpaired) electrons. The Morgan fingerprint density at radius 2 is 2.09 bits per heavy atom. The molecule has 2 aliphatic heterocycles. The normalized spacial score (nSPS) is 20.0. The van der Waals surface area contributed by atoms with E-state index in [2.05, 4.69) is 11.2 Å². The van der Waals surface area contributed by atoms with Crippen molar-refractivity contribution >= 4 is 11.4 Å². The molecule has 112 valence electrons. The number of nitriles is 1. The van der Waals surface area contributed by atoms with Crippen LogP contribution in [0.4, 0.5) is 5.69 Å². The summed E-state index contributed by atoms with van der Waals surface area (Å²) in [6.07, 6.45) is 1.91. The van der Waals surface area contributed by atoms with Gasteiger partial charge >= 0.3 is 0 Å². The van der Waals surface area contributed by atoms with Gasteiger partial charge in [-0.1, -0.05) is 18.2 Å². The maximum atomic E-state index is 9.55. The van der Waals surface area contributed by atoms with E-state index in [0.717, 1.165) is 22.5 Å². The second-order valence-electron chi connectivity index (χ2n) is 5.97. The molecule has 1 aromatic rings. The van der Waals surface area contributed by atoms with Crippen LogP contribution in [-0.2, 0) is 4.74 Å². The van der Waals surface area contributed by atoms with Crippen molar-refractivity contribution in [3.63, 3.8) is 0 Å². The van der Waals surface area contributed by atoms with Crippen molar-refractivity contribution in [1.82, 2.24) is 0 Å². The molecule has 0 saturated carbocycles. The number of hydrogen-bond acceptors (Lipinski definition) is 5. The second-order valence-corrected chi connectivity index (χ2v) is 5.97. The minimum absolute atomic E-state index is 0.351. The van der Waals surface area contributed by atoms with Crippen LogP contribution >= 0.6 is 0 Å². The smallest absolute Gasteiger partial charge is 0.144 e. The molecular formula is C17H18N4O. The van der Waals surface area contributed by atoms with Crippen LogP contribution in [0.25, 0.3) is 0 Å². The predicted molar refractivity (Wildman–Crippen MR) is 86.0 cm³/mol. The van der Waals surface area contributed by atoms with E-state index in [1.165, 1.54) is 0 Å². The number of anilines is 1. The fourth-order valence-electron chi connectivity index (χ4n) is 2.62. The largest absolute Gasteiger partial charge is 0.383 e. The summed E-state index contributed by atoms with van der Waals surface area (Å²) in [5.74, 6) is 0.351.